The third-order valence-corrected chi connectivity index (χ3v) is 4.46. The molecule has 0 unspecified atom stereocenters. The molecule has 10 heteroatoms. The smallest absolute Gasteiger partial charge is 0.309 e. The highest BCUT2D eigenvalue weighted by Gasteiger charge is 2.24. The van der Waals surface area contributed by atoms with Crippen LogP contribution in [0, 0.1) is 10.1 Å². The topological polar surface area (TPSA) is 122 Å². The van der Waals surface area contributed by atoms with Gasteiger partial charge in [-0.25, -0.2) is 4.98 Å². The lowest BCUT2D eigenvalue weighted by Gasteiger charge is -2.19. The van der Waals surface area contributed by atoms with Crippen LogP contribution in [0.2, 0.25) is 0 Å². The van der Waals surface area contributed by atoms with Crippen molar-refractivity contribution in [1.82, 2.24) is 24.6 Å². The molecule has 1 amide bonds. The fraction of sp³-hybridized carbons (Fsp3) is 0.353. The zero-order valence-corrected chi connectivity index (χ0v) is 15.2. The molecule has 1 aromatic carbocycles. The number of imidazole rings is 1. The molecule has 0 radical (unpaired) electrons. The molecule has 0 spiro atoms. The number of carbonyl (C=O) groups is 1. The molecule has 3 aromatic rings. The number of H-pyrrole nitrogens is 1. The lowest BCUT2D eigenvalue weighted by atomic mass is 10.3. The first-order valence-corrected chi connectivity index (χ1v) is 8.71. The summed E-state index contributed by atoms with van der Waals surface area (Å²) in [5, 5.41) is 19.7. The van der Waals surface area contributed by atoms with Crippen molar-refractivity contribution in [3.05, 3.63) is 46.3 Å². The largest absolute Gasteiger partial charge is 0.319 e. The van der Waals surface area contributed by atoms with Crippen molar-refractivity contribution in [2.24, 2.45) is 0 Å². The SMILES string of the molecule is CCN(CC)CCn1c(NC(=O)c2[nH]ncc2[N+](=O)[O-])nc2ccccc21. The van der Waals surface area contributed by atoms with Gasteiger partial charge in [0, 0.05) is 13.1 Å². The number of hydrogen-bond acceptors (Lipinski definition) is 6. The molecule has 0 saturated heterocycles. The summed E-state index contributed by atoms with van der Waals surface area (Å²) >= 11 is 0. The highest BCUT2D eigenvalue weighted by atomic mass is 16.6. The number of nitrogens with one attached hydrogen (secondary N) is 2. The maximum Gasteiger partial charge on any atom is 0.319 e. The van der Waals surface area contributed by atoms with Crippen LogP contribution in [0.15, 0.2) is 30.5 Å². The van der Waals surface area contributed by atoms with Gasteiger partial charge in [0.05, 0.1) is 16.0 Å². The van der Waals surface area contributed by atoms with E-state index in [0.717, 1.165) is 36.9 Å². The molecule has 0 aliphatic rings. The first-order chi connectivity index (χ1) is 13.0. The van der Waals surface area contributed by atoms with Gasteiger partial charge in [0.15, 0.2) is 0 Å². The van der Waals surface area contributed by atoms with E-state index in [1.807, 2.05) is 28.8 Å². The molecule has 3 rings (SSSR count). The van der Waals surface area contributed by atoms with Crippen LogP contribution >= 0.6 is 0 Å². The third kappa shape index (κ3) is 3.80. The number of aromatic amines is 1. The van der Waals surface area contributed by atoms with E-state index >= 15 is 0 Å². The Morgan fingerprint density at radius 2 is 2.07 bits per heavy atom. The van der Waals surface area contributed by atoms with Crippen LogP contribution in [0.5, 0.6) is 0 Å². The Balaban J connectivity index is 1.91. The molecule has 0 saturated carbocycles. The Morgan fingerprint density at radius 3 is 2.78 bits per heavy atom. The number of amides is 1. The van der Waals surface area contributed by atoms with Crippen LogP contribution in [-0.2, 0) is 6.54 Å². The van der Waals surface area contributed by atoms with Crippen molar-refractivity contribution in [2.45, 2.75) is 20.4 Å². The highest BCUT2D eigenvalue weighted by Crippen LogP contribution is 2.21. The summed E-state index contributed by atoms with van der Waals surface area (Å²) in [5.74, 6) is -0.309. The number of benzene rings is 1. The first kappa shape index (κ1) is 18.5. The summed E-state index contributed by atoms with van der Waals surface area (Å²) in [6.07, 6.45) is 1.01. The van der Waals surface area contributed by atoms with Crippen LogP contribution < -0.4 is 5.32 Å². The van der Waals surface area contributed by atoms with Crippen LogP contribution in [0.3, 0.4) is 0 Å². The van der Waals surface area contributed by atoms with Gasteiger partial charge in [-0.2, -0.15) is 5.10 Å². The second kappa shape index (κ2) is 7.96. The zero-order valence-electron chi connectivity index (χ0n) is 15.2. The molecule has 2 aromatic heterocycles. The fourth-order valence-corrected chi connectivity index (χ4v) is 2.93. The summed E-state index contributed by atoms with van der Waals surface area (Å²) in [4.78, 5) is 29.6. The number of carbonyl (C=O) groups excluding carboxylic acids is 1. The van der Waals surface area contributed by atoms with Gasteiger partial charge in [0.25, 0.3) is 5.91 Å². The van der Waals surface area contributed by atoms with Gasteiger partial charge in [0.1, 0.15) is 6.20 Å². The van der Waals surface area contributed by atoms with Crippen LogP contribution in [-0.4, -0.2) is 55.1 Å². The lowest BCUT2D eigenvalue weighted by molar-refractivity contribution is -0.385. The number of nitro groups is 1. The number of hydrogen-bond donors (Lipinski definition) is 2. The predicted molar refractivity (Wildman–Crippen MR) is 101 cm³/mol. The van der Waals surface area contributed by atoms with Gasteiger partial charge in [-0.3, -0.25) is 25.3 Å². The molecule has 2 heterocycles. The monoisotopic (exact) mass is 371 g/mol. The standard InChI is InChI=1S/C17H21N7O3/c1-3-22(4-2)9-10-23-13-8-6-5-7-12(13)19-17(23)20-16(25)15-14(24(26)27)11-18-21-15/h5-8,11H,3-4,9-10H2,1-2H3,(H,18,21)(H,19,20,25). The molecular weight excluding hydrogens is 350 g/mol. The van der Waals surface area contributed by atoms with E-state index in [-0.39, 0.29) is 11.4 Å². The van der Waals surface area contributed by atoms with E-state index in [9.17, 15) is 14.9 Å². The second-order valence-electron chi connectivity index (χ2n) is 5.94. The second-order valence-corrected chi connectivity index (χ2v) is 5.94. The number of nitrogens with zero attached hydrogens (tertiary/aromatic N) is 5. The number of aromatic nitrogens is 4. The maximum atomic E-state index is 12.5. The van der Waals surface area contributed by atoms with Crippen molar-refractivity contribution in [3.8, 4) is 0 Å². The minimum absolute atomic E-state index is 0.206. The molecule has 0 atom stereocenters. The third-order valence-electron chi connectivity index (χ3n) is 4.46. The van der Waals surface area contributed by atoms with Crippen molar-refractivity contribution >= 4 is 28.6 Å². The molecule has 0 aliphatic carbocycles. The average molecular weight is 371 g/mol. The summed E-state index contributed by atoms with van der Waals surface area (Å²) in [6, 6.07) is 7.56. The Kier molecular flexibility index (Phi) is 5.46. The van der Waals surface area contributed by atoms with Crippen LogP contribution in [0.1, 0.15) is 24.3 Å². The molecule has 0 fully saturated rings. The van der Waals surface area contributed by atoms with E-state index in [0.29, 0.717) is 12.5 Å². The summed E-state index contributed by atoms with van der Waals surface area (Å²) in [7, 11) is 0. The molecule has 0 bridgehead atoms. The molecule has 2 N–H and O–H groups in total. The lowest BCUT2D eigenvalue weighted by Crippen LogP contribution is -2.27. The van der Waals surface area contributed by atoms with E-state index in [2.05, 4.69) is 39.2 Å². The van der Waals surface area contributed by atoms with Gasteiger partial charge in [0.2, 0.25) is 11.6 Å². The Morgan fingerprint density at radius 1 is 1.33 bits per heavy atom. The van der Waals surface area contributed by atoms with Crippen molar-refractivity contribution in [1.29, 1.82) is 0 Å². The fourth-order valence-electron chi connectivity index (χ4n) is 2.93. The zero-order chi connectivity index (χ0) is 19.4. The van der Waals surface area contributed by atoms with Crippen molar-refractivity contribution in [2.75, 3.05) is 25.0 Å². The Hall–Kier alpha value is -3.27. The average Bonchev–Trinajstić information content (AvgIpc) is 3.28. The van der Waals surface area contributed by atoms with Gasteiger partial charge < -0.3 is 9.47 Å². The highest BCUT2D eigenvalue weighted by molar-refractivity contribution is 6.05. The molecule has 0 aliphatic heterocycles. The molecule has 27 heavy (non-hydrogen) atoms. The normalized spacial score (nSPS) is 11.2. The quantitative estimate of drug-likeness (QED) is 0.463. The summed E-state index contributed by atoms with van der Waals surface area (Å²) < 4.78 is 1.91. The van der Waals surface area contributed by atoms with Gasteiger partial charge in [-0.15, -0.1) is 0 Å². The summed E-state index contributed by atoms with van der Waals surface area (Å²) in [5.41, 5.74) is 1.05. The van der Waals surface area contributed by atoms with E-state index in [1.165, 1.54) is 0 Å². The number of likely N-dealkylation sites (N-methyl/N-ethyl adjacent to an activating group) is 1. The first-order valence-electron chi connectivity index (χ1n) is 8.71. The maximum absolute atomic E-state index is 12.5. The van der Waals surface area contributed by atoms with Crippen molar-refractivity contribution in [3.63, 3.8) is 0 Å². The minimum Gasteiger partial charge on any atom is -0.309 e. The van der Waals surface area contributed by atoms with Gasteiger partial charge in [-0.05, 0) is 25.2 Å². The van der Waals surface area contributed by atoms with Gasteiger partial charge in [-0.1, -0.05) is 26.0 Å². The predicted octanol–water partition coefficient (Wildman–Crippen LogP) is 2.26. The summed E-state index contributed by atoms with van der Waals surface area (Å²) in [6.45, 7) is 7.45. The number of anilines is 1. The molecule has 10 nitrogen and oxygen atoms in total. The minimum atomic E-state index is -0.654. The van der Waals surface area contributed by atoms with Crippen molar-refractivity contribution < 1.29 is 9.72 Å². The van der Waals surface area contributed by atoms with E-state index in [4.69, 9.17) is 0 Å². The Labute approximate surface area is 155 Å². The van der Waals surface area contributed by atoms with Crippen LogP contribution in [0.25, 0.3) is 11.0 Å². The number of para-hydroxylation sites is 2. The van der Waals surface area contributed by atoms with E-state index < -0.39 is 10.8 Å². The number of rotatable bonds is 8. The molecular formula is C17H21N7O3. The number of fused-ring (bicyclic) bond motifs is 1. The Bertz CT molecular complexity index is 959. The molecule has 142 valence electrons. The van der Waals surface area contributed by atoms with E-state index in [1.54, 1.807) is 0 Å². The van der Waals surface area contributed by atoms with Gasteiger partial charge >= 0.3 is 5.69 Å². The van der Waals surface area contributed by atoms with Crippen LogP contribution in [0.4, 0.5) is 11.6 Å².